The maximum absolute atomic E-state index is 13.3. The highest BCUT2D eigenvalue weighted by Crippen LogP contribution is 2.17. The second-order valence-corrected chi connectivity index (χ2v) is 6.72. The fourth-order valence-electron chi connectivity index (χ4n) is 2.55. The van der Waals surface area contributed by atoms with Crippen molar-refractivity contribution in [1.82, 2.24) is 9.80 Å². The topological polar surface area (TPSA) is 32.8 Å². The third-order valence-electron chi connectivity index (χ3n) is 4.21. The van der Waals surface area contributed by atoms with Crippen LogP contribution in [-0.4, -0.2) is 49.0 Å². The van der Waals surface area contributed by atoms with Crippen LogP contribution in [0.5, 0.6) is 5.75 Å². The first kappa shape index (κ1) is 20.2. The molecule has 0 aliphatic rings. The summed E-state index contributed by atoms with van der Waals surface area (Å²) in [6, 6.07) is 13.2. The standard InChI is InChI=1S/C20H24ClFN2O2/c1-15(20(25)24(3)14-16-6-4-8-18(22)12-16)23(2)10-11-26-19-9-5-7-17(21)13-19/h4-9,12-13,15H,10-11,14H2,1-3H3. The molecule has 6 heteroatoms. The Morgan fingerprint density at radius 2 is 1.92 bits per heavy atom. The van der Waals surface area contributed by atoms with Crippen LogP contribution >= 0.6 is 11.6 Å². The predicted octanol–water partition coefficient (Wildman–Crippen LogP) is 3.84. The van der Waals surface area contributed by atoms with Crippen molar-refractivity contribution in [3.63, 3.8) is 0 Å². The summed E-state index contributed by atoms with van der Waals surface area (Å²) in [5.74, 6) is 0.374. The van der Waals surface area contributed by atoms with Crippen LogP contribution in [0.2, 0.25) is 5.02 Å². The van der Waals surface area contributed by atoms with E-state index in [1.807, 2.05) is 31.0 Å². The van der Waals surface area contributed by atoms with Crippen LogP contribution in [0.4, 0.5) is 4.39 Å². The van der Waals surface area contributed by atoms with Gasteiger partial charge in [0.15, 0.2) is 0 Å². The Kier molecular flexibility index (Phi) is 7.42. The maximum atomic E-state index is 13.3. The number of hydrogen-bond acceptors (Lipinski definition) is 3. The van der Waals surface area contributed by atoms with Crippen molar-refractivity contribution in [2.75, 3.05) is 27.2 Å². The van der Waals surface area contributed by atoms with E-state index in [1.54, 1.807) is 36.2 Å². The van der Waals surface area contributed by atoms with Crippen LogP contribution in [0.25, 0.3) is 0 Å². The van der Waals surface area contributed by atoms with Gasteiger partial charge in [0.05, 0.1) is 6.04 Å². The van der Waals surface area contributed by atoms with Crippen molar-refractivity contribution >= 4 is 17.5 Å². The number of rotatable bonds is 8. The van der Waals surface area contributed by atoms with E-state index >= 15 is 0 Å². The summed E-state index contributed by atoms with van der Waals surface area (Å²) in [5.41, 5.74) is 0.764. The van der Waals surface area contributed by atoms with Gasteiger partial charge < -0.3 is 9.64 Å². The second-order valence-electron chi connectivity index (χ2n) is 6.29. The first-order valence-electron chi connectivity index (χ1n) is 8.45. The van der Waals surface area contributed by atoms with Gasteiger partial charge in [0.25, 0.3) is 0 Å². The van der Waals surface area contributed by atoms with Gasteiger partial charge in [-0.25, -0.2) is 4.39 Å². The van der Waals surface area contributed by atoms with Gasteiger partial charge in [0.2, 0.25) is 5.91 Å². The molecule has 26 heavy (non-hydrogen) atoms. The molecular weight excluding hydrogens is 355 g/mol. The molecule has 0 fully saturated rings. The molecule has 0 radical (unpaired) electrons. The molecule has 140 valence electrons. The number of amides is 1. The van der Waals surface area contributed by atoms with Gasteiger partial charge in [-0.05, 0) is 49.9 Å². The monoisotopic (exact) mass is 378 g/mol. The van der Waals surface area contributed by atoms with Gasteiger partial charge in [0.1, 0.15) is 18.2 Å². The van der Waals surface area contributed by atoms with Gasteiger partial charge in [-0.1, -0.05) is 29.8 Å². The Labute approximate surface area is 159 Å². The molecular formula is C20H24ClFN2O2. The third-order valence-corrected chi connectivity index (χ3v) is 4.45. The van der Waals surface area contributed by atoms with Crippen molar-refractivity contribution in [3.05, 3.63) is 64.9 Å². The van der Waals surface area contributed by atoms with E-state index in [2.05, 4.69) is 0 Å². The highest BCUT2D eigenvalue weighted by atomic mass is 35.5. The molecule has 4 nitrogen and oxygen atoms in total. The van der Waals surface area contributed by atoms with Gasteiger partial charge in [0, 0.05) is 25.2 Å². The summed E-state index contributed by atoms with van der Waals surface area (Å²) in [6.07, 6.45) is 0. The van der Waals surface area contributed by atoms with E-state index in [1.165, 1.54) is 12.1 Å². The molecule has 0 heterocycles. The number of likely N-dealkylation sites (N-methyl/N-ethyl adjacent to an activating group) is 2. The Hall–Kier alpha value is -2.11. The minimum atomic E-state index is -0.309. The fourth-order valence-corrected chi connectivity index (χ4v) is 2.73. The second kappa shape index (κ2) is 9.55. The first-order valence-corrected chi connectivity index (χ1v) is 8.82. The predicted molar refractivity (Wildman–Crippen MR) is 102 cm³/mol. The van der Waals surface area contributed by atoms with Crippen LogP contribution in [0.1, 0.15) is 12.5 Å². The van der Waals surface area contributed by atoms with Crippen LogP contribution < -0.4 is 4.74 Å². The Morgan fingerprint density at radius 1 is 1.19 bits per heavy atom. The number of benzene rings is 2. The summed E-state index contributed by atoms with van der Waals surface area (Å²) in [6.45, 7) is 3.26. The first-order chi connectivity index (χ1) is 12.4. The zero-order chi connectivity index (χ0) is 19.1. The SMILES string of the molecule is CC(C(=O)N(C)Cc1cccc(F)c1)N(C)CCOc1cccc(Cl)c1. The van der Waals surface area contributed by atoms with E-state index in [0.717, 1.165) is 5.56 Å². The molecule has 2 rings (SSSR count). The van der Waals surface area contributed by atoms with E-state index < -0.39 is 0 Å². The lowest BCUT2D eigenvalue weighted by Gasteiger charge is -2.28. The molecule has 2 aromatic rings. The quantitative estimate of drug-likeness (QED) is 0.699. The maximum Gasteiger partial charge on any atom is 0.239 e. The summed E-state index contributed by atoms with van der Waals surface area (Å²) in [4.78, 5) is 16.1. The Balaban J connectivity index is 1.82. The minimum Gasteiger partial charge on any atom is -0.492 e. The minimum absolute atomic E-state index is 0.0282. The van der Waals surface area contributed by atoms with E-state index in [4.69, 9.17) is 16.3 Å². The van der Waals surface area contributed by atoms with Gasteiger partial charge >= 0.3 is 0 Å². The molecule has 0 aliphatic heterocycles. The molecule has 0 bridgehead atoms. The summed E-state index contributed by atoms with van der Waals surface area (Å²) < 4.78 is 18.9. The van der Waals surface area contributed by atoms with Crippen LogP contribution in [0.3, 0.4) is 0 Å². The molecule has 2 aromatic carbocycles. The number of ether oxygens (including phenoxy) is 1. The summed E-state index contributed by atoms with van der Waals surface area (Å²) >= 11 is 5.93. The van der Waals surface area contributed by atoms with Crippen LogP contribution in [-0.2, 0) is 11.3 Å². The molecule has 1 unspecified atom stereocenters. The van der Waals surface area contributed by atoms with Crippen molar-refractivity contribution in [2.45, 2.75) is 19.5 Å². The highest BCUT2D eigenvalue weighted by molar-refractivity contribution is 6.30. The average Bonchev–Trinajstić information content (AvgIpc) is 2.60. The molecule has 0 aromatic heterocycles. The summed E-state index contributed by atoms with van der Waals surface area (Å²) in [5, 5.41) is 0.623. The van der Waals surface area contributed by atoms with Crippen molar-refractivity contribution < 1.29 is 13.9 Å². The van der Waals surface area contributed by atoms with Crippen LogP contribution in [0.15, 0.2) is 48.5 Å². The molecule has 0 spiro atoms. The number of carbonyl (C=O) groups excluding carboxylic acids is 1. The number of nitrogens with zero attached hydrogens (tertiary/aromatic N) is 2. The molecule has 1 amide bonds. The van der Waals surface area contributed by atoms with E-state index in [0.29, 0.717) is 30.5 Å². The normalized spacial score (nSPS) is 12.1. The number of hydrogen-bond donors (Lipinski definition) is 0. The van der Waals surface area contributed by atoms with Crippen molar-refractivity contribution in [2.24, 2.45) is 0 Å². The lowest BCUT2D eigenvalue weighted by Crippen LogP contribution is -2.45. The lowest BCUT2D eigenvalue weighted by atomic mass is 10.2. The molecule has 1 atom stereocenters. The molecule has 0 saturated carbocycles. The smallest absolute Gasteiger partial charge is 0.239 e. The number of carbonyl (C=O) groups is 1. The largest absolute Gasteiger partial charge is 0.492 e. The fraction of sp³-hybridized carbons (Fsp3) is 0.350. The van der Waals surface area contributed by atoms with E-state index in [9.17, 15) is 9.18 Å². The molecule has 0 saturated heterocycles. The Bertz CT molecular complexity index is 741. The zero-order valence-corrected chi connectivity index (χ0v) is 16.0. The summed E-state index contributed by atoms with van der Waals surface area (Å²) in [7, 11) is 3.60. The number of halogens is 2. The van der Waals surface area contributed by atoms with Crippen molar-refractivity contribution in [1.29, 1.82) is 0 Å². The highest BCUT2D eigenvalue weighted by Gasteiger charge is 2.21. The van der Waals surface area contributed by atoms with Crippen molar-refractivity contribution in [3.8, 4) is 5.75 Å². The molecule has 0 aliphatic carbocycles. The van der Waals surface area contributed by atoms with Crippen LogP contribution in [0, 0.1) is 5.82 Å². The third kappa shape index (κ3) is 6.00. The molecule has 0 N–H and O–H groups in total. The lowest BCUT2D eigenvalue weighted by molar-refractivity contribution is -0.135. The van der Waals surface area contributed by atoms with Gasteiger partial charge in [-0.15, -0.1) is 0 Å². The van der Waals surface area contributed by atoms with Gasteiger partial charge in [-0.3, -0.25) is 9.69 Å². The zero-order valence-electron chi connectivity index (χ0n) is 15.3. The Morgan fingerprint density at radius 3 is 2.62 bits per heavy atom. The average molecular weight is 379 g/mol. The van der Waals surface area contributed by atoms with E-state index in [-0.39, 0.29) is 17.8 Å². The van der Waals surface area contributed by atoms with Gasteiger partial charge in [-0.2, -0.15) is 0 Å².